The molecule has 2 N–H and O–H groups in total. The lowest BCUT2D eigenvalue weighted by molar-refractivity contribution is -0.123. The number of piperidine rings is 1. The van der Waals surface area contributed by atoms with Gasteiger partial charge in [-0.1, -0.05) is 36.4 Å². The number of aromatic nitrogens is 1. The van der Waals surface area contributed by atoms with Crippen LogP contribution in [0, 0.1) is 13.8 Å². The van der Waals surface area contributed by atoms with Crippen LogP contribution in [-0.2, 0) is 11.3 Å². The topological polar surface area (TPSA) is 68.4 Å². The summed E-state index contributed by atoms with van der Waals surface area (Å²) in [6.45, 7) is 8.38. The van der Waals surface area contributed by atoms with Gasteiger partial charge in [0.15, 0.2) is 0 Å². The number of likely N-dealkylation sites (tertiary alicyclic amines) is 1. The first-order valence-electron chi connectivity index (χ1n) is 12.0. The first-order chi connectivity index (χ1) is 16.0. The number of para-hydroxylation sites is 1. The third-order valence-electron chi connectivity index (χ3n) is 7.27. The maximum Gasteiger partial charge on any atom is 0.271 e. The average molecular weight is 445 g/mol. The first-order valence-corrected chi connectivity index (χ1v) is 12.0. The molecule has 3 heterocycles. The normalized spacial score (nSPS) is 18.0. The molecule has 0 atom stereocenters. The van der Waals surface area contributed by atoms with E-state index in [9.17, 15) is 9.59 Å². The largest absolute Gasteiger partial charge is 0.353 e. The molecule has 2 aliphatic heterocycles. The Bertz CT molecular complexity index is 1170. The molecule has 0 radical (unpaired) electrons. The number of carbonyl (C=O) groups excluding carboxylic acids is 2. The van der Waals surface area contributed by atoms with Gasteiger partial charge in [0.1, 0.15) is 5.69 Å². The molecule has 0 aliphatic carbocycles. The summed E-state index contributed by atoms with van der Waals surface area (Å²) in [6, 6.07) is 14.7. The van der Waals surface area contributed by atoms with Crippen LogP contribution < -0.4 is 5.32 Å². The number of hydrogen-bond acceptors (Lipinski definition) is 3. The van der Waals surface area contributed by atoms with Crippen LogP contribution in [0.3, 0.4) is 0 Å². The van der Waals surface area contributed by atoms with Gasteiger partial charge in [0.25, 0.3) is 5.91 Å². The standard InChI is InChI=1S/C27H32N4O2/c1-18-6-5-7-19(2)25(18)20-10-13-30(14-11-20)16-22-21-8-3-4-9-23(21)29-26(22)27(33)31-15-12-28-24(32)17-31/h3-9,20,29H,10-17H2,1-2H3,(H,28,32). The summed E-state index contributed by atoms with van der Waals surface area (Å²) in [5.41, 5.74) is 6.95. The number of nitrogens with one attached hydrogen (secondary N) is 2. The molecule has 0 spiro atoms. The van der Waals surface area contributed by atoms with Crippen LogP contribution in [0.4, 0.5) is 0 Å². The molecule has 2 amide bonds. The number of nitrogens with zero attached hydrogens (tertiary/aromatic N) is 2. The Morgan fingerprint density at radius 3 is 2.45 bits per heavy atom. The van der Waals surface area contributed by atoms with E-state index in [1.807, 2.05) is 18.2 Å². The van der Waals surface area contributed by atoms with Crippen molar-refractivity contribution in [3.8, 4) is 0 Å². The molecule has 0 unspecified atom stereocenters. The van der Waals surface area contributed by atoms with E-state index in [1.165, 1.54) is 16.7 Å². The van der Waals surface area contributed by atoms with E-state index in [2.05, 4.69) is 53.3 Å². The number of amides is 2. The molecule has 0 saturated carbocycles. The van der Waals surface area contributed by atoms with Crippen LogP contribution >= 0.6 is 0 Å². The molecule has 172 valence electrons. The molecule has 1 aromatic heterocycles. The third kappa shape index (κ3) is 4.27. The number of carbonyl (C=O) groups is 2. The van der Waals surface area contributed by atoms with Crippen LogP contribution in [0.25, 0.3) is 10.9 Å². The number of benzene rings is 2. The minimum Gasteiger partial charge on any atom is -0.353 e. The Morgan fingerprint density at radius 1 is 1.00 bits per heavy atom. The van der Waals surface area contributed by atoms with Gasteiger partial charge in [0.2, 0.25) is 5.91 Å². The lowest BCUT2D eigenvalue weighted by atomic mass is 9.84. The quantitative estimate of drug-likeness (QED) is 0.644. The fourth-order valence-electron chi connectivity index (χ4n) is 5.59. The Labute approximate surface area is 195 Å². The van der Waals surface area contributed by atoms with E-state index >= 15 is 0 Å². The van der Waals surface area contributed by atoms with E-state index in [-0.39, 0.29) is 18.4 Å². The van der Waals surface area contributed by atoms with Gasteiger partial charge in [-0.15, -0.1) is 0 Å². The van der Waals surface area contributed by atoms with E-state index in [1.54, 1.807) is 4.90 Å². The highest BCUT2D eigenvalue weighted by Gasteiger charge is 2.29. The highest BCUT2D eigenvalue weighted by molar-refractivity contribution is 6.02. The molecule has 0 bridgehead atoms. The Balaban J connectivity index is 1.36. The molecular formula is C27H32N4O2. The number of aromatic amines is 1. The summed E-state index contributed by atoms with van der Waals surface area (Å²) in [6.07, 6.45) is 2.26. The van der Waals surface area contributed by atoms with Crippen LogP contribution in [0.5, 0.6) is 0 Å². The Morgan fingerprint density at radius 2 is 1.73 bits per heavy atom. The van der Waals surface area contributed by atoms with Gasteiger partial charge in [-0.25, -0.2) is 0 Å². The van der Waals surface area contributed by atoms with Gasteiger partial charge >= 0.3 is 0 Å². The molecule has 2 aromatic carbocycles. The smallest absolute Gasteiger partial charge is 0.271 e. The fourth-order valence-corrected chi connectivity index (χ4v) is 5.59. The number of H-pyrrole nitrogens is 1. The van der Waals surface area contributed by atoms with E-state index < -0.39 is 0 Å². The second-order valence-corrected chi connectivity index (χ2v) is 9.46. The van der Waals surface area contributed by atoms with Crippen molar-refractivity contribution in [1.82, 2.24) is 20.1 Å². The van der Waals surface area contributed by atoms with Gasteiger partial charge in [-0.2, -0.15) is 0 Å². The lowest BCUT2D eigenvalue weighted by Crippen LogP contribution is -2.50. The summed E-state index contributed by atoms with van der Waals surface area (Å²) < 4.78 is 0. The van der Waals surface area contributed by atoms with Crippen LogP contribution in [0.15, 0.2) is 42.5 Å². The van der Waals surface area contributed by atoms with Gasteiger partial charge in [-0.05, 0) is 68.5 Å². The van der Waals surface area contributed by atoms with Gasteiger partial charge in [0, 0.05) is 36.1 Å². The van der Waals surface area contributed by atoms with Crippen molar-refractivity contribution in [3.63, 3.8) is 0 Å². The fraction of sp³-hybridized carbons (Fsp3) is 0.407. The van der Waals surface area contributed by atoms with Crippen LogP contribution in [0.1, 0.15) is 51.5 Å². The first kappa shape index (κ1) is 21.7. The molecule has 6 heteroatoms. The van der Waals surface area contributed by atoms with E-state index in [0.29, 0.717) is 24.7 Å². The summed E-state index contributed by atoms with van der Waals surface area (Å²) >= 11 is 0. The van der Waals surface area contributed by atoms with E-state index in [0.717, 1.165) is 48.9 Å². The van der Waals surface area contributed by atoms with Crippen molar-refractivity contribution in [1.29, 1.82) is 0 Å². The monoisotopic (exact) mass is 444 g/mol. The number of hydrogen-bond donors (Lipinski definition) is 2. The molecule has 6 nitrogen and oxygen atoms in total. The van der Waals surface area contributed by atoms with Crippen LogP contribution in [0.2, 0.25) is 0 Å². The molecule has 2 saturated heterocycles. The zero-order chi connectivity index (χ0) is 22.9. The zero-order valence-corrected chi connectivity index (χ0v) is 19.5. The SMILES string of the molecule is Cc1cccc(C)c1C1CCN(Cc2c(C(=O)N3CCNC(=O)C3)[nH]c3ccccc23)CC1. The second kappa shape index (κ2) is 9.02. The van der Waals surface area contributed by atoms with E-state index in [4.69, 9.17) is 0 Å². The number of piperazine rings is 1. The van der Waals surface area contributed by atoms with Crippen molar-refractivity contribution in [2.45, 2.75) is 39.2 Å². The summed E-state index contributed by atoms with van der Waals surface area (Å²) in [7, 11) is 0. The molecular weight excluding hydrogens is 412 g/mol. The number of fused-ring (bicyclic) bond motifs is 1. The summed E-state index contributed by atoms with van der Waals surface area (Å²) in [5, 5.41) is 3.90. The number of rotatable bonds is 4. The van der Waals surface area contributed by atoms with Gasteiger partial charge < -0.3 is 15.2 Å². The molecule has 3 aromatic rings. The highest BCUT2D eigenvalue weighted by atomic mass is 16.2. The zero-order valence-electron chi connectivity index (χ0n) is 19.5. The number of aryl methyl sites for hydroxylation is 2. The predicted molar refractivity (Wildman–Crippen MR) is 130 cm³/mol. The maximum atomic E-state index is 13.4. The van der Waals surface area contributed by atoms with Gasteiger partial charge in [0.05, 0.1) is 6.54 Å². The van der Waals surface area contributed by atoms with Crippen LogP contribution in [-0.4, -0.2) is 59.3 Å². The average Bonchev–Trinajstić information content (AvgIpc) is 3.18. The molecule has 5 rings (SSSR count). The van der Waals surface area contributed by atoms with Gasteiger partial charge in [-0.3, -0.25) is 14.5 Å². The predicted octanol–water partition coefficient (Wildman–Crippen LogP) is 3.74. The second-order valence-electron chi connectivity index (χ2n) is 9.46. The Hall–Kier alpha value is -3.12. The summed E-state index contributed by atoms with van der Waals surface area (Å²) in [5.74, 6) is 0.417. The van der Waals surface area contributed by atoms with Crippen molar-refractivity contribution in [2.75, 3.05) is 32.7 Å². The van der Waals surface area contributed by atoms with Crippen molar-refractivity contribution < 1.29 is 9.59 Å². The third-order valence-corrected chi connectivity index (χ3v) is 7.27. The van der Waals surface area contributed by atoms with Crippen molar-refractivity contribution in [3.05, 3.63) is 70.4 Å². The highest BCUT2D eigenvalue weighted by Crippen LogP contribution is 2.34. The summed E-state index contributed by atoms with van der Waals surface area (Å²) in [4.78, 5) is 32.7. The van der Waals surface area contributed by atoms with Crippen molar-refractivity contribution >= 4 is 22.7 Å². The molecule has 33 heavy (non-hydrogen) atoms. The minimum atomic E-state index is -0.0965. The molecule has 2 fully saturated rings. The molecule has 2 aliphatic rings. The maximum absolute atomic E-state index is 13.4. The Kier molecular flexibility index (Phi) is 5.94. The minimum absolute atomic E-state index is 0.0820. The van der Waals surface area contributed by atoms with Crippen molar-refractivity contribution in [2.24, 2.45) is 0 Å². The lowest BCUT2D eigenvalue weighted by Gasteiger charge is -2.34.